The molecule has 2 amide bonds. The van der Waals surface area contributed by atoms with Crippen molar-refractivity contribution in [3.8, 4) is 0 Å². The number of likely N-dealkylation sites (N-methyl/N-ethyl adjacent to an activating group) is 1. The van der Waals surface area contributed by atoms with Crippen LogP contribution in [0.5, 0.6) is 0 Å². The fraction of sp³-hybridized carbons (Fsp3) is 0.417. The normalized spacial score (nSPS) is 13.9. The van der Waals surface area contributed by atoms with Crippen molar-refractivity contribution in [1.29, 1.82) is 0 Å². The summed E-state index contributed by atoms with van der Waals surface area (Å²) in [7, 11) is 5.40. The average molecular weight is 409 g/mol. The number of amides is 2. The van der Waals surface area contributed by atoms with E-state index < -0.39 is 0 Å². The lowest BCUT2D eigenvalue weighted by Gasteiger charge is -2.31. The molecule has 2 aromatic carbocycles. The topological polar surface area (TPSA) is 55.9 Å². The van der Waals surface area contributed by atoms with Gasteiger partial charge in [-0.25, -0.2) is 0 Å². The van der Waals surface area contributed by atoms with Crippen molar-refractivity contribution < 1.29 is 9.59 Å². The van der Waals surface area contributed by atoms with Gasteiger partial charge in [0.2, 0.25) is 5.91 Å². The zero-order valence-electron chi connectivity index (χ0n) is 18.2. The summed E-state index contributed by atoms with van der Waals surface area (Å²) in [5.41, 5.74) is 3.83. The molecule has 3 rings (SSSR count). The molecule has 0 radical (unpaired) electrons. The molecule has 0 unspecified atom stereocenters. The van der Waals surface area contributed by atoms with E-state index in [0.717, 1.165) is 19.6 Å². The van der Waals surface area contributed by atoms with Crippen LogP contribution in [0, 0.1) is 0 Å². The van der Waals surface area contributed by atoms with E-state index in [0.29, 0.717) is 17.8 Å². The van der Waals surface area contributed by atoms with E-state index >= 15 is 0 Å². The Morgan fingerprint density at radius 3 is 2.27 bits per heavy atom. The summed E-state index contributed by atoms with van der Waals surface area (Å²) in [4.78, 5) is 30.5. The maximum atomic E-state index is 12.5. The Bertz CT molecular complexity index is 858. The van der Waals surface area contributed by atoms with E-state index in [9.17, 15) is 9.59 Å². The third-order valence-corrected chi connectivity index (χ3v) is 5.36. The minimum absolute atomic E-state index is 0.0556. The number of piperidine rings is 1. The second-order valence-electron chi connectivity index (χ2n) is 8.17. The molecule has 1 aliphatic rings. The summed E-state index contributed by atoms with van der Waals surface area (Å²) in [5.74, 6) is -0.125. The number of benzene rings is 2. The van der Waals surface area contributed by atoms with Crippen LogP contribution in [0.4, 0.5) is 11.4 Å². The number of carbonyl (C=O) groups is 2. The van der Waals surface area contributed by atoms with Crippen LogP contribution in [0.25, 0.3) is 0 Å². The van der Waals surface area contributed by atoms with Crippen molar-refractivity contribution in [2.75, 3.05) is 51.0 Å². The molecule has 1 fully saturated rings. The molecule has 0 bridgehead atoms. The molecule has 1 aliphatic heterocycles. The van der Waals surface area contributed by atoms with E-state index in [1.54, 1.807) is 38.4 Å². The number of anilines is 2. The molecule has 0 atom stereocenters. The highest BCUT2D eigenvalue weighted by molar-refractivity contribution is 5.96. The van der Waals surface area contributed by atoms with Crippen molar-refractivity contribution >= 4 is 23.2 Å². The molecule has 2 aromatic rings. The monoisotopic (exact) mass is 408 g/mol. The lowest BCUT2D eigenvalue weighted by Crippen LogP contribution is -2.33. The van der Waals surface area contributed by atoms with E-state index in [-0.39, 0.29) is 11.8 Å². The van der Waals surface area contributed by atoms with Gasteiger partial charge in [-0.1, -0.05) is 18.2 Å². The lowest BCUT2D eigenvalue weighted by molar-refractivity contribution is -0.117. The molecule has 30 heavy (non-hydrogen) atoms. The highest BCUT2D eigenvalue weighted by atomic mass is 16.2. The minimum atomic E-state index is -0.0698. The van der Waals surface area contributed by atoms with Crippen molar-refractivity contribution in [3.05, 3.63) is 59.7 Å². The highest BCUT2D eigenvalue weighted by Crippen LogP contribution is 2.25. The van der Waals surface area contributed by atoms with Crippen LogP contribution in [0.3, 0.4) is 0 Å². The summed E-state index contributed by atoms with van der Waals surface area (Å²) in [5, 5.41) is 2.92. The molecule has 0 saturated carbocycles. The molecule has 0 aliphatic carbocycles. The first-order valence-corrected chi connectivity index (χ1v) is 10.6. The van der Waals surface area contributed by atoms with Crippen LogP contribution in [0.1, 0.15) is 35.2 Å². The lowest BCUT2D eigenvalue weighted by atomic mass is 10.1. The van der Waals surface area contributed by atoms with Crippen LogP contribution >= 0.6 is 0 Å². The highest BCUT2D eigenvalue weighted by Gasteiger charge is 2.16. The summed E-state index contributed by atoms with van der Waals surface area (Å²) < 4.78 is 0. The fourth-order valence-electron chi connectivity index (χ4n) is 3.83. The van der Waals surface area contributed by atoms with Crippen LogP contribution in [-0.4, -0.2) is 62.4 Å². The van der Waals surface area contributed by atoms with Crippen molar-refractivity contribution in [3.63, 3.8) is 0 Å². The van der Waals surface area contributed by atoms with Gasteiger partial charge in [-0.2, -0.15) is 0 Å². The molecule has 0 aromatic heterocycles. The largest absolute Gasteiger partial charge is 0.371 e. The zero-order chi connectivity index (χ0) is 21.5. The van der Waals surface area contributed by atoms with Gasteiger partial charge in [0.05, 0.1) is 6.54 Å². The molecule has 160 valence electrons. The average Bonchev–Trinajstić information content (AvgIpc) is 2.74. The first kappa shape index (κ1) is 21.8. The van der Waals surface area contributed by atoms with Gasteiger partial charge in [-0.15, -0.1) is 0 Å². The Morgan fingerprint density at radius 1 is 0.933 bits per heavy atom. The molecule has 1 heterocycles. The van der Waals surface area contributed by atoms with E-state index in [1.807, 2.05) is 11.9 Å². The number of carbonyl (C=O) groups excluding carboxylic acids is 2. The summed E-state index contributed by atoms with van der Waals surface area (Å²) in [6.07, 6.45) is 3.79. The van der Waals surface area contributed by atoms with Gasteiger partial charge < -0.3 is 15.1 Å². The van der Waals surface area contributed by atoms with Gasteiger partial charge in [0, 0.05) is 50.7 Å². The van der Waals surface area contributed by atoms with E-state index in [1.165, 1.54) is 35.4 Å². The standard InChI is InChI=1S/C24H32N4O2/c1-26(2)24(30)19-11-13-21(14-12-19)25-23(29)18-27(3)17-20-9-5-6-10-22(20)28-15-7-4-8-16-28/h5-6,9-14H,4,7-8,15-18H2,1-3H3,(H,25,29). The van der Waals surface area contributed by atoms with Crippen LogP contribution in [-0.2, 0) is 11.3 Å². The second kappa shape index (κ2) is 10.3. The SMILES string of the molecule is CN(CC(=O)Nc1ccc(C(=O)N(C)C)cc1)Cc1ccccc1N1CCCCC1. The Hall–Kier alpha value is -2.86. The Balaban J connectivity index is 1.56. The third kappa shape index (κ3) is 5.83. The first-order chi connectivity index (χ1) is 14.4. The number of hydrogen-bond acceptors (Lipinski definition) is 4. The number of nitrogens with one attached hydrogen (secondary N) is 1. The van der Waals surface area contributed by atoms with Crippen molar-refractivity contribution in [1.82, 2.24) is 9.80 Å². The molecule has 1 N–H and O–H groups in total. The predicted octanol–water partition coefficient (Wildman–Crippen LogP) is 3.45. The Morgan fingerprint density at radius 2 is 1.60 bits per heavy atom. The maximum absolute atomic E-state index is 12.5. The number of para-hydroxylation sites is 1. The molecular weight excluding hydrogens is 376 g/mol. The van der Waals surface area contributed by atoms with Crippen LogP contribution in [0.2, 0.25) is 0 Å². The molecule has 6 nitrogen and oxygen atoms in total. The quantitative estimate of drug-likeness (QED) is 0.762. The third-order valence-electron chi connectivity index (χ3n) is 5.36. The zero-order valence-corrected chi connectivity index (χ0v) is 18.2. The van der Waals surface area contributed by atoms with E-state index in [4.69, 9.17) is 0 Å². The van der Waals surface area contributed by atoms with Crippen molar-refractivity contribution in [2.45, 2.75) is 25.8 Å². The van der Waals surface area contributed by atoms with Crippen LogP contribution < -0.4 is 10.2 Å². The molecule has 1 saturated heterocycles. The second-order valence-corrected chi connectivity index (χ2v) is 8.17. The van der Waals surface area contributed by atoms with Gasteiger partial charge >= 0.3 is 0 Å². The van der Waals surface area contributed by atoms with Crippen molar-refractivity contribution in [2.24, 2.45) is 0 Å². The number of rotatable bonds is 7. The molecular formula is C24H32N4O2. The predicted molar refractivity (Wildman–Crippen MR) is 122 cm³/mol. The number of nitrogens with zero attached hydrogens (tertiary/aromatic N) is 3. The van der Waals surface area contributed by atoms with Gasteiger partial charge in [0.1, 0.15) is 0 Å². The smallest absolute Gasteiger partial charge is 0.253 e. The Labute approximate surface area is 179 Å². The summed E-state index contributed by atoms with van der Waals surface area (Å²) >= 11 is 0. The molecule has 6 heteroatoms. The summed E-state index contributed by atoms with van der Waals surface area (Å²) in [6, 6.07) is 15.5. The summed E-state index contributed by atoms with van der Waals surface area (Å²) in [6.45, 7) is 3.23. The van der Waals surface area contributed by atoms with Gasteiger partial charge in [-0.3, -0.25) is 14.5 Å². The van der Waals surface area contributed by atoms with Gasteiger partial charge in [-0.05, 0) is 62.2 Å². The fourth-order valence-corrected chi connectivity index (χ4v) is 3.83. The first-order valence-electron chi connectivity index (χ1n) is 10.6. The van der Waals surface area contributed by atoms with E-state index in [2.05, 4.69) is 34.5 Å². The Kier molecular flexibility index (Phi) is 7.46. The maximum Gasteiger partial charge on any atom is 0.253 e. The number of hydrogen-bond donors (Lipinski definition) is 1. The van der Waals surface area contributed by atoms with Gasteiger partial charge in [0.25, 0.3) is 5.91 Å². The van der Waals surface area contributed by atoms with Gasteiger partial charge in [0.15, 0.2) is 0 Å². The van der Waals surface area contributed by atoms with Crippen LogP contribution in [0.15, 0.2) is 48.5 Å². The minimum Gasteiger partial charge on any atom is -0.371 e. The molecule has 0 spiro atoms.